The van der Waals surface area contributed by atoms with Gasteiger partial charge in [0.25, 0.3) is 0 Å². The second-order valence-corrected chi connectivity index (χ2v) is 4.72. The molecule has 5 nitrogen and oxygen atoms in total. The van der Waals surface area contributed by atoms with Crippen LogP contribution in [-0.2, 0) is 4.79 Å². The molecule has 0 aliphatic rings. The number of halogens is 2. The molecule has 0 radical (unpaired) electrons. The molecule has 24 heavy (non-hydrogen) atoms. The number of ether oxygens (including phenoxy) is 1. The monoisotopic (exact) mass is 330 g/mol. The van der Waals surface area contributed by atoms with Gasteiger partial charge in [0.05, 0.1) is 5.69 Å². The third-order valence-corrected chi connectivity index (χ3v) is 3.05. The molecule has 0 bridgehead atoms. The highest BCUT2D eigenvalue weighted by Crippen LogP contribution is 2.25. The molecule has 0 spiro atoms. The highest BCUT2D eigenvalue weighted by Gasteiger charge is 2.10. The summed E-state index contributed by atoms with van der Waals surface area (Å²) in [4.78, 5) is 16.1. The maximum Gasteiger partial charge on any atom is 0.387 e. The van der Waals surface area contributed by atoms with Gasteiger partial charge in [-0.05, 0) is 24.3 Å². The zero-order valence-corrected chi connectivity index (χ0v) is 12.3. The number of aromatic nitrogens is 1. The van der Waals surface area contributed by atoms with Gasteiger partial charge in [0.1, 0.15) is 11.3 Å². The standard InChI is InChI=1S/C17H12F2N2O3/c18-17(19)24-14-8-4-1-5-11(14)20-15(22)9-10-16-21-12-6-2-3-7-13(12)23-16/h1-10,17H,(H,20,22)/b10-9+. The molecule has 1 amide bonds. The molecule has 122 valence electrons. The summed E-state index contributed by atoms with van der Waals surface area (Å²) in [6, 6.07) is 13.1. The van der Waals surface area contributed by atoms with Gasteiger partial charge >= 0.3 is 6.61 Å². The van der Waals surface area contributed by atoms with E-state index < -0.39 is 12.5 Å². The van der Waals surface area contributed by atoms with Gasteiger partial charge in [0.15, 0.2) is 5.58 Å². The van der Waals surface area contributed by atoms with E-state index in [1.54, 1.807) is 18.2 Å². The molecule has 1 N–H and O–H groups in total. The molecule has 0 fully saturated rings. The molecule has 0 aliphatic carbocycles. The molecular weight excluding hydrogens is 318 g/mol. The van der Waals surface area contributed by atoms with Crippen molar-refractivity contribution in [2.45, 2.75) is 6.61 Å². The highest BCUT2D eigenvalue weighted by atomic mass is 19.3. The van der Waals surface area contributed by atoms with Crippen LogP contribution < -0.4 is 10.1 Å². The van der Waals surface area contributed by atoms with Crippen molar-refractivity contribution in [1.29, 1.82) is 0 Å². The van der Waals surface area contributed by atoms with E-state index in [9.17, 15) is 13.6 Å². The summed E-state index contributed by atoms with van der Waals surface area (Å²) in [5, 5.41) is 2.47. The quantitative estimate of drug-likeness (QED) is 0.716. The number of carbonyl (C=O) groups excluding carboxylic acids is 1. The maximum atomic E-state index is 12.3. The minimum Gasteiger partial charge on any atom is -0.437 e. The van der Waals surface area contributed by atoms with Crippen LogP contribution in [0.1, 0.15) is 5.89 Å². The van der Waals surface area contributed by atoms with Crippen molar-refractivity contribution in [3.8, 4) is 5.75 Å². The summed E-state index contributed by atoms with van der Waals surface area (Å²) in [6.07, 6.45) is 2.59. The summed E-state index contributed by atoms with van der Waals surface area (Å²) in [6.45, 7) is -2.97. The second kappa shape index (κ2) is 6.91. The largest absolute Gasteiger partial charge is 0.437 e. The Morgan fingerprint density at radius 1 is 1.17 bits per heavy atom. The lowest BCUT2D eigenvalue weighted by atomic mass is 10.3. The van der Waals surface area contributed by atoms with E-state index in [2.05, 4.69) is 15.0 Å². The molecule has 7 heteroatoms. The summed E-state index contributed by atoms with van der Waals surface area (Å²) < 4.78 is 34.5. The van der Waals surface area contributed by atoms with Gasteiger partial charge in [-0.2, -0.15) is 8.78 Å². The summed E-state index contributed by atoms with van der Waals surface area (Å²) in [5.41, 5.74) is 1.42. The lowest BCUT2D eigenvalue weighted by molar-refractivity contribution is -0.111. The van der Waals surface area contributed by atoms with Crippen molar-refractivity contribution in [3.05, 3.63) is 60.5 Å². The van der Waals surface area contributed by atoms with Crippen LogP contribution in [0.15, 0.2) is 59.0 Å². The second-order valence-electron chi connectivity index (χ2n) is 4.72. The number of rotatable bonds is 5. The normalized spacial score (nSPS) is 11.3. The minimum absolute atomic E-state index is 0.115. The van der Waals surface area contributed by atoms with Gasteiger partial charge in [0.2, 0.25) is 11.8 Å². The molecule has 0 saturated carbocycles. The number of para-hydroxylation sites is 4. The number of benzene rings is 2. The Labute approximate surface area is 135 Å². The predicted octanol–water partition coefficient (Wildman–Crippen LogP) is 4.08. The molecule has 0 atom stereocenters. The maximum absolute atomic E-state index is 12.3. The van der Waals surface area contributed by atoms with Crippen molar-refractivity contribution in [2.75, 3.05) is 5.32 Å². The zero-order valence-electron chi connectivity index (χ0n) is 12.3. The van der Waals surface area contributed by atoms with Crippen LogP contribution in [0.25, 0.3) is 17.2 Å². The Kier molecular flexibility index (Phi) is 4.51. The molecule has 1 heterocycles. The van der Waals surface area contributed by atoms with Crippen molar-refractivity contribution in [3.63, 3.8) is 0 Å². The first-order valence-electron chi connectivity index (χ1n) is 7.00. The Balaban J connectivity index is 1.71. The Morgan fingerprint density at radius 2 is 1.92 bits per heavy atom. The predicted molar refractivity (Wildman–Crippen MR) is 84.7 cm³/mol. The molecule has 1 aromatic heterocycles. The molecule has 3 rings (SSSR count). The number of fused-ring (bicyclic) bond motifs is 1. The SMILES string of the molecule is O=C(/C=C/c1nc2ccccc2o1)Nc1ccccc1OC(F)F. The van der Waals surface area contributed by atoms with Crippen LogP contribution in [-0.4, -0.2) is 17.5 Å². The van der Waals surface area contributed by atoms with E-state index in [1.807, 2.05) is 12.1 Å². The fourth-order valence-corrected chi connectivity index (χ4v) is 2.05. The third-order valence-electron chi connectivity index (χ3n) is 3.05. The summed E-state index contributed by atoms with van der Waals surface area (Å²) in [5.74, 6) is -0.373. The van der Waals surface area contributed by atoms with Gasteiger partial charge in [-0.25, -0.2) is 4.98 Å². The minimum atomic E-state index is -2.97. The van der Waals surface area contributed by atoms with Gasteiger partial charge in [-0.1, -0.05) is 24.3 Å². The fourth-order valence-electron chi connectivity index (χ4n) is 2.05. The van der Waals surface area contributed by atoms with Crippen LogP contribution in [0.4, 0.5) is 14.5 Å². The first-order valence-corrected chi connectivity index (χ1v) is 7.00. The average molecular weight is 330 g/mol. The number of carbonyl (C=O) groups is 1. The highest BCUT2D eigenvalue weighted by molar-refractivity contribution is 6.02. The number of nitrogens with one attached hydrogen (secondary N) is 1. The number of amides is 1. The Morgan fingerprint density at radius 3 is 2.71 bits per heavy atom. The van der Waals surface area contributed by atoms with E-state index >= 15 is 0 Å². The van der Waals surface area contributed by atoms with E-state index in [-0.39, 0.29) is 17.3 Å². The van der Waals surface area contributed by atoms with E-state index in [0.29, 0.717) is 11.1 Å². The number of alkyl halides is 2. The summed E-state index contributed by atoms with van der Waals surface area (Å²) >= 11 is 0. The number of nitrogens with zero attached hydrogens (tertiary/aromatic N) is 1. The Bertz CT molecular complexity index is 857. The van der Waals surface area contributed by atoms with Gasteiger partial charge in [-0.15, -0.1) is 0 Å². The molecule has 0 aliphatic heterocycles. The fraction of sp³-hybridized carbons (Fsp3) is 0.0588. The smallest absolute Gasteiger partial charge is 0.387 e. The molecule has 3 aromatic rings. The molecule has 0 unspecified atom stereocenters. The van der Waals surface area contributed by atoms with Crippen molar-refractivity contribution in [1.82, 2.24) is 4.98 Å². The van der Waals surface area contributed by atoms with Gasteiger partial charge < -0.3 is 14.5 Å². The summed E-state index contributed by atoms with van der Waals surface area (Å²) in [7, 11) is 0. The van der Waals surface area contributed by atoms with Crippen LogP contribution >= 0.6 is 0 Å². The third kappa shape index (κ3) is 3.75. The zero-order chi connectivity index (χ0) is 16.9. The van der Waals surface area contributed by atoms with Crippen molar-refractivity contribution < 1.29 is 22.7 Å². The van der Waals surface area contributed by atoms with Crippen LogP contribution in [0.5, 0.6) is 5.75 Å². The number of oxazole rings is 1. The van der Waals surface area contributed by atoms with Gasteiger partial charge in [-0.3, -0.25) is 4.79 Å². The number of anilines is 1. The first-order chi connectivity index (χ1) is 11.6. The Hall–Kier alpha value is -3.22. The van der Waals surface area contributed by atoms with Gasteiger partial charge in [0, 0.05) is 12.2 Å². The van der Waals surface area contributed by atoms with E-state index in [0.717, 1.165) is 0 Å². The van der Waals surface area contributed by atoms with Crippen molar-refractivity contribution in [2.24, 2.45) is 0 Å². The van der Waals surface area contributed by atoms with E-state index in [1.165, 1.54) is 30.4 Å². The molecule has 2 aromatic carbocycles. The topological polar surface area (TPSA) is 64.4 Å². The average Bonchev–Trinajstić information content (AvgIpc) is 2.97. The van der Waals surface area contributed by atoms with Crippen molar-refractivity contribution >= 4 is 28.8 Å². The molecule has 0 saturated heterocycles. The van der Waals surface area contributed by atoms with Crippen LogP contribution in [0.2, 0.25) is 0 Å². The van der Waals surface area contributed by atoms with Crippen LogP contribution in [0.3, 0.4) is 0 Å². The lowest BCUT2D eigenvalue weighted by Gasteiger charge is -2.10. The van der Waals surface area contributed by atoms with Crippen LogP contribution in [0, 0.1) is 0 Å². The molecular formula is C17H12F2N2O3. The lowest BCUT2D eigenvalue weighted by Crippen LogP contribution is -2.11. The number of hydrogen-bond acceptors (Lipinski definition) is 4. The first kappa shape index (κ1) is 15.7. The van der Waals surface area contributed by atoms with E-state index in [4.69, 9.17) is 4.42 Å². The number of hydrogen-bond donors (Lipinski definition) is 1.